The van der Waals surface area contributed by atoms with E-state index in [2.05, 4.69) is 16.3 Å². The summed E-state index contributed by atoms with van der Waals surface area (Å²) in [7, 11) is 0. The van der Waals surface area contributed by atoms with Gasteiger partial charge >= 0.3 is 0 Å². The van der Waals surface area contributed by atoms with Gasteiger partial charge in [0.05, 0.1) is 5.69 Å². The molecule has 2 heterocycles. The predicted octanol–water partition coefficient (Wildman–Crippen LogP) is 2.72. The average molecular weight is 306 g/mol. The molecular weight excluding hydrogens is 284 g/mol. The summed E-state index contributed by atoms with van der Waals surface area (Å²) in [4.78, 5) is 14.8. The molecule has 1 aliphatic rings. The normalized spacial score (nSPS) is 15.3. The second-order valence-corrected chi connectivity index (χ2v) is 6.29. The van der Waals surface area contributed by atoms with Crippen molar-refractivity contribution in [2.75, 3.05) is 30.3 Å². The van der Waals surface area contributed by atoms with Gasteiger partial charge in [-0.05, 0) is 19.3 Å². The van der Waals surface area contributed by atoms with Crippen molar-refractivity contribution in [2.45, 2.75) is 39.0 Å². The zero-order valence-corrected chi connectivity index (χ0v) is 13.3. The highest BCUT2D eigenvalue weighted by Crippen LogP contribution is 2.38. The van der Waals surface area contributed by atoms with Gasteiger partial charge in [0.25, 0.3) is 5.91 Å². The number of nitrogens with zero attached hydrogens (tertiary/aromatic N) is 2. The number of nitrogen functional groups attached to an aromatic ring is 1. The highest BCUT2D eigenvalue weighted by Gasteiger charge is 2.24. The Kier molecular flexibility index (Phi) is 5.45. The van der Waals surface area contributed by atoms with Gasteiger partial charge in [0, 0.05) is 19.6 Å². The lowest BCUT2D eigenvalue weighted by Gasteiger charge is -2.20. The third kappa shape index (κ3) is 3.48. The molecule has 0 aromatic carbocycles. The highest BCUT2D eigenvalue weighted by molar-refractivity contribution is 7.19. The van der Waals surface area contributed by atoms with E-state index >= 15 is 0 Å². The van der Waals surface area contributed by atoms with Gasteiger partial charge in [0.2, 0.25) is 0 Å². The smallest absolute Gasteiger partial charge is 0.263 e. The van der Waals surface area contributed by atoms with Gasteiger partial charge in [0.1, 0.15) is 21.5 Å². The summed E-state index contributed by atoms with van der Waals surface area (Å²) in [5, 5.41) is 13.1. The van der Waals surface area contributed by atoms with Crippen LogP contribution in [0.5, 0.6) is 0 Å². The molecule has 0 saturated carbocycles. The molecule has 6 heteroatoms. The molecule has 0 unspecified atom stereocenters. The average Bonchev–Trinajstić information content (AvgIpc) is 2.68. The molecule has 3 N–H and O–H groups in total. The number of nitrogens with one attached hydrogen (secondary N) is 1. The predicted molar refractivity (Wildman–Crippen MR) is 86.8 cm³/mol. The van der Waals surface area contributed by atoms with Crippen molar-refractivity contribution in [3.63, 3.8) is 0 Å². The molecular formula is C15H22N4OS. The van der Waals surface area contributed by atoms with E-state index in [1.807, 2.05) is 6.92 Å². The van der Waals surface area contributed by atoms with Crippen molar-refractivity contribution < 1.29 is 4.79 Å². The number of hydrogen-bond donors (Lipinski definition) is 2. The molecule has 5 nitrogen and oxygen atoms in total. The molecule has 1 saturated heterocycles. The van der Waals surface area contributed by atoms with Gasteiger partial charge in [-0.25, -0.2) is 0 Å². The van der Waals surface area contributed by atoms with Gasteiger partial charge in [0.15, 0.2) is 0 Å². The number of anilines is 2. The molecule has 2 rings (SSSR count). The van der Waals surface area contributed by atoms with E-state index < -0.39 is 0 Å². The fourth-order valence-corrected chi connectivity index (χ4v) is 3.66. The van der Waals surface area contributed by atoms with E-state index in [1.165, 1.54) is 24.2 Å². The lowest BCUT2D eigenvalue weighted by molar-refractivity contribution is 0.0958. The van der Waals surface area contributed by atoms with Crippen LogP contribution in [0.1, 0.15) is 54.3 Å². The van der Waals surface area contributed by atoms with Crippen LogP contribution in [0, 0.1) is 11.3 Å². The summed E-state index contributed by atoms with van der Waals surface area (Å²) < 4.78 is 0. The second-order valence-electron chi connectivity index (χ2n) is 5.29. The van der Waals surface area contributed by atoms with Gasteiger partial charge in [-0.15, -0.1) is 11.3 Å². The maximum absolute atomic E-state index is 12.1. The minimum absolute atomic E-state index is 0.170. The summed E-state index contributed by atoms with van der Waals surface area (Å²) in [6, 6.07) is 2.18. The van der Waals surface area contributed by atoms with Crippen LogP contribution in [0.3, 0.4) is 0 Å². The molecule has 1 aliphatic heterocycles. The topological polar surface area (TPSA) is 82.2 Å². The maximum Gasteiger partial charge on any atom is 0.263 e. The second kappa shape index (κ2) is 7.32. The molecule has 0 atom stereocenters. The van der Waals surface area contributed by atoms with Crippen LogP contribution in [-0.2, 0) is 0 Å². The van der Waals surface area contributed by atoms with Crippen molar-refractivity contribution in [1.82, 2.24) is 5.32 Å². The molecule has 1 aromatic rings. The Morgan fingerprint density at radius 1 is 1.38 bits per heavy atom. The zero-order chi connectivity index (χ0) is 15.2. The monoisotopic (exact) mass is 306 g/mol. The third-order valence-corrected chi connectivity index (χ3v) is 4.94. The van der Waals surface area contributed by atoms with E-state index in [0.29, 0.717) is 22.7 Å². The lowest BCUT2D eigenvalue weighted by atomic mass is 10.2. The van der Waals surface area contributed by atoms with Gasteiger partial charge < -0.3 is 16.0 Å². The minimum atomic E-state index is -0.170. The van der Waals surface area contributed by atoms with Crippen LogP contribution in [0.15, 0.2) is 0 Å². The number of carbonyl (C=O) groups excluding carboxylic acids is 1. The van der Waals surface area contributed by atoms with Crippen LogP contribution in [0.4, 0.5) is 10.7 Å². The Morgan fingerprint density at radius 3 is 2.62 bits per heavy atom. The summed E-state index contributed by atoms with van der Waals surface area (Å²) >= 11 is 1.35. The summed E-state index contributed by atoms with van der Waals surface area (Å²) in [6.07, 6.45) is 5.58. The summed E-state index contributed by atoms with van der Waals surface area (Å²) in [6.45, 7) is 4.49. The number of hydrogen-bond acceptors (Lipinski definition) is 5. The molecule has 21 heavy (non-hydrogen) atoms. The SMILES string of the molecule is CCCNC(=O)c1sc(N2CCCCCC2)c(C#N)c1N. The number of nitriles is 1. The molecule has 0 spiro atoms. The van der Waals surface area contributed by atoms with Crippen LogP contribution in [0.2, 0.25) is 0 Å². The first-order chi connectivity index (χ1) is 10.2. The Hall–Kier alpha value is -1.74. The van der Waals surface area contributed by atoms with Crippen LogP contribution in [0.25, 0.3) is 0 Å². The van der Waals surface area contributed by atoms with Crippen LogP contribution >= 0.6 is 11.3 Å². The largest absolute Gasteiger partial charge is 0.396 e. The van der Waals surface area contributed by atoms with E-state index in [9.17, 15) is 10.1 Å². The van der Waals surface area contributed by atoms with E-state index in [0.717, 1.165) is 37.4 Å². The number of rotatable bonds is 4. The number of amides is 1. The first kappa shape index (κ1) is 15.6. The number of carbonyl (C=O) groups is 1. The van der Waals surface area contributed by atoms with E-state index in [-0.39, 0.29) is 5.91 Å². The first-order valence-corrected chi connectivity index (χ1v) is 8.36. The van der Waals surface area contributed by atoms with Crippen molar-refractivity contribution >= 4 is 27.9 Å². The lowest BCUT2D eigenvalue weighted by Crippen LogP contribution is -2.24. The molecule has 0 radical (unpaired) electrons. The Bertz CT molecular complexity index is 539. The standard InChI is InChI=1S/C15H22N4OS/c1-2-7-18-14(20)13-12(17)11(10-16)15(21-13)19-8-5-3-4-6-9-19/h2-9,17H2,1H3,(H,18,20). The van der Waals surface area contributed by atoms with Crippen molar-refractivity contribution in [1.29, 1.82) is 5.26 Å². The van der Waals surface area contributed by atoms with E-state index in [4.69, 9.17) is 5.73 Å². The number of nitrogens with two attached hydrogens (primary N) is 1. The van der Waals surface area contributed by atoms with Gasteiger partial charge in [-0.3, -0.25) is 4.79 Å². The summed E-state index contributed by atoms with van der Waals surface area (Å²) in [5.41, 5.74) is 6.82. The van der Waals surface area contributed by atoms with Crippen molar-refractivity contribution in [2.24, 2.45) is 0 Å². The van der Waals surface area contributed by atoms with Crippen LogP contribution < -0.4 is 16.0 Å². The Labute approximate surface area is 129 Å². The first-order valence-electron chi connectivity index (χ1n) is 7.54. The van der Waals surface area contributed by atoms with Gasteiger partial charge in [-0.1, -0.05) is 19.8 Å². The highest BCUT2D eigenvalue weighted by atomic mass is 32.1. The van der Waals surface area contributed by atoms with Crippen molar-refractivity contribution in [3.05, 3.63) is 10.4 Å². The summed E-state index contributed by atoms with van der Waals surface area (Å²) in [5.74, 6) is -0.170. The third-order valence-electron chi connectivity index (χ3n) is 3.67. The van der Waals surface area contributed by atoms with E-state index in [1.54, 1.807) is 0 Å². The van der Waals surface area contributed by atoms with Gasteiger partial charge in [-0.2, -0.15) is 5.26 Å². The number of thiophene rings is 1. The Morgan fingerprint density at radius 2 is 2.05 bits per heavy atom. The fraction of sp³-hybridized carbons (Fsp3) is 0.600. The molecule has 1 fully saturated rings. The maximum atomic E-state index is 12.1. The van der Waals surface area contributed by atoms with Crippen molar-refractivity contribution in [3.8, 4) is 6.07 Å². The molecule has 0 bridgehead atoms. The molecule has 114 valence electrons. The quantitative estimate of drug-likeness (QED) is 0.896. The Balaban J connectivity index is 2.29. The zero-order valence-electron chi connectivity index (χ0n) is 12.4. The minimum Gasteiger partial charge on any atom is -0.396 e. The molecule has 0 aliphatic carbocycles. The van der Waals surface area contributed by atoms with Crippen LogP contribution in [-0.4, -0.2) is 25.5 Å². The molecule has 1 aromatic heterocycles. The molecule has 1 amide bonds. The fourth-order valence-electron chi connectivity index (χ4n) is 2.52.